The van der Waals surface area contributed by atoms with Crippen molar-refractivity contribution in [1.82, 2.24) is 14.9 Å². The molecule has 0 spiro atoms. The standard InChI is InChI=1S/C16H29N5/c1-6-21-9-7-8-12(21)11-20(5)14-10-13(17)18-15(19-14)16(2,3)4/h10,12H,6-9,11H2,1-5H3,(H2,17,18,19). The highest BCUT2D eigenvalue weighted by Gasteiger charge is 2.25. The molecule has 1 aliphatic heterocycles. The molecule has 0 aromatic carbocycles. The second kappa shape index (κ2) is 6.18. The fourth-order valence-electron chi connectivity index (χ4n) is 2.91. The molecule has 1 fully saturated rings. The van der Waals surface area contributed by atoms with Gasteiger partial charge in [-0.25, -0.2) is 9.97 Å². The fourth-order valence-corrected chi connectivity index (χ4v) is 2.91. The van der Waals surface area contributed by atoms with Crippen LogP contribution in [0.1, 0.15) is 46.4 Å². The molecule has 1 aliphatic rings. The fraction of sp³-hybridized carbons (Fsp3) is 0.750. The third-order valence-electron chi connectivity index (χ3n) is 4.18. The average Bonchev–Trinajstić information content (AvgIpc) is 2.84. The molecule has 1 aromatic rings. The van der Waals surface area contributed by atoms with Gasteiger partial charge in [0.05, 0.1) is 0 Å². The third-order valence-corrected chi connectivity index (χ3v) is 4.18. The Balaban J connectivity index is 2.15. The Hall–Kier alpha value is -1.36. The molecule has 1 saturated heterocycles. The van der Waals surface area contributed by atoms with Gasteiger partial charge in [-0.15, -0.1) is 0 Å². The van der Waals surface area contributed by atoms with E-state index in [-0.39, 0.29) is 5.41 Å². The predicted octanol–water partition coefficient (Wildman–Crippen LogP) is 2.28. The lowest BCUT2D eigenvalue weighted by molar-refractivity contribution is 0.270. The predicted molar refractivity (Wildman–Crippen MR) is 88.7 cm³/mol. The molecular formula is C16H29N5. The topological polar surface area (TPSA) is 58.3 Å². The van der Waals surface area contributed by atoms with Crippen LogP contribution >= 0.6 is 0 Å². The number of hydrogen-bond donors (Lipinski definition) is 1. The average molecular weight is 291 g/mol. The first-order valence-corrected chi connectivity index (χ1v) is 7.91. The van der Waals surface area contributed by atoms with Crippen molar-refractivity contribution in [3.63, 3.8) is 0 Å². The van der Waals surface area contributed by atoms with E-state index in [0.29, 0.717) is 11.9 Å². The number of nitrogens with zero attached hydrogens (tertiary/aromatic N) is 4. The first kappa shape index (κ1) is 16.0. The second-order valence-electron chi connectivity index (χ2n) is 7.03. The maximum absolute atomic E-state index is 5.97. The minimum absolute atomic E-state index is 0.0895. The van der Waals surface area contributed by atoms with Crippen molar-refractivity contribution >= 4 is 11.6 Å². The summed E-state index contributed by atoms with van der Waals surface area (Å²) in [5.74, 6) is 2.29. The summed E-state index contributed by atoms with van der Waals surface area (Å²) < 4.78 is 0. The summed E-state index contributed by atoms with van der Waals surface area (Å²) in [4.78, 5) is 13.9. The van der Waals surface area contributed by atoms with E-state index in [1.165, 1.54) is 19.4 Å². The number of anilines is 2. The number of aromatic nitrogens is 2. The molecule has 1 unspecified atom stereocenters. The lowest BCUT2D eigenvalue weighted by Crippen LogP contribution is -2.39. The minimum Gasteiger partial charge on any atom is -0.384 e. The first-order chi connectivity index (χ1) is 9.81. The second-order valence-corrected chi connectivity index (χ2v) is 7.03. The van der Waals surface area contributed by atoms with Gasteiger partial charge in [0.1, 0.15) is 17.5 Å². The molecule has 2 heterocycles. The summed E-state index contributed by atoms with van der Waals surface area (Å²) in [5.41, 5.74) is 5.88. The van der Waals surface area contributed by atoms with Crippen molar-refractivity contribution in [3.8, 4) is 0 Å². The van der Waals surface area contributed by atoms with Gasteiger partial charge in [-0.2, -0.15) is 0 Å². The number of likely N-dealkylation sites (N-methyl/N-ethyl adjacent to an activating group) is 2. The number of hydrogen-bond acceptors (Lipinski definition) is 5. The van der Waals surface area contributed by atoms with Gasteiger partial charge in [0, 0.05) is 31.1 Å². The van der Waals surface area contributed by atoms with Crippen LogP contribution in [0.3, 0.4) is 0 Å². The van der Waals surface area contributed by atoms with E-state index in [1.54, 1.807) is 0 Å². The van der Waals surface area contributed by atoms with Crippen LogP contribution in [0.4, 0.5) is 11.6 Å². The minimum atomic E-state index is -0.0895. The first-order valence-electron chi connectivity index (χ1n) is 7.91. The van der Waals surface area contributed by atoms with Gasteiger partial charge in [0.15, 0.2) is 0 Å². The zero-order valence-electron chi connectivity index (χ0n) is 14.1. The van der Waals surface area contributed by atoms with Crippen molar-refractivity contribution in [1.29, 1.82) is 0 Å². The molecule has 5 heteroatoms. The van der Waals surface area contributed by atoms with E-state index < -0.39 is 0 Å². The quantitative estimate of drug-likeness (QED) is 0.922. The van der Waals surface area contributed by atoms with Gasteiger partial charge in [-0.3, -0.25) is 4.90 Å². The monoisotopic (exact) mass is 291 g/mol. The highest BCUT2D eigenvalue weighted by atomic mass is 15.2. The molecule has 21 heavy (non-hydrogen) atoms. The van der Waals surface area contributed by atoms with Crippen LogP contribution in [0, 0.1) is 0 Å². The van der Waals surface area contributed by atoms with E-state index in [2.05, 4.69) is 49.5 Å². The van der Waals surface area contributed by atoms with Crippen LogP contribution in [0.2, 0.25) is 0 Å². The third kappa shape index (κ3) is 3.84. The molecule has 0 radical (unpaired) electrons. The van der Waals surface area contributed by atoms with Crippen LogP contribution in [0.25, 0.3) is 0 Å². The van der Waals surface area contributed by atoms with Crippen molar-refractivity contribution in [2.75, 3.05) is 37.3 Å². The molecule has 0 aliphatic carbocycles. The number of nitrogen functional groups attached to an aromatic ring is 1. The lowest BCUT2D eigenvalue weighted by Gasteiger charge is -2.29. The Morgan fingerprint density at radius 3 is 2.71 bits per heavy atom. The van der Waals surface area contributed by atoms with E-state index in [4.69, 9.17) is 10.7 Å². The van der Waals surface area contributed by atoms with Gasteiger partial charge >= 0.3 is 0 Å². The Morgan fingerprint density at radius 1 is 1.38 bits per heavy atom. The highest BCUT2D eigenvalue weighted by Crippen LogP contribution is 2.24. The van der Waals surface area contributed by atoms with Gasteiger partial charge < -0.3 is 10.6 Å². The van der Waals surface area contributed by atoms with E-state index in [9.17, 15) is 0 Å². The van der Waals surface area contributed by atoms with E-state index >= 15 is 0 Å². The van der Waals surface area contributed by atoms with Gasteiger partial charge in [-0.1, -0.05) is 27.7 Å². The molecular weight excluding hydrogens is 262 g/mol. The van der Waals surface area contributed by atoms with Crippen LogP contribution < -0.4 is 10.6 Å². The molecule has 0 bridgehead atoms. The number of likely N-dealkylation sites (tertiary alicyclic amines) is 1. The number of rotatable bonds is 4. The SMILES string of the molecule is CCN1CCCC1CN(C)c1cc(N)nc(C(C)(C)C)n1. The molecule has 2 rings (SSSR count). The molecule has 5 nitrogen and oxygen atoms in total. The van der Waals surface area contributed by atoms with Crippen LogP contribution in [-0.2, 0) is 5.41 Å². The van der Waals surface area contributed by atoms with Crippen LogP contribution in [-0.4, -0.2) is 47.6 Å². The smallest absolute Gasteiger partial charge is 0.138 e. The Labute approximate surface area is 128 Å². The molecule has 0 saturated carbocycles. The molecule has 118 valence electrons. The molecule has 2 N–H and O–H groups in total. The summed E-state index contributed by atoms with van der Waals surface area (Å²) in [5, 5.41) is 0. The summed E-state index contributed by atoms with van der Waals surface area (Å²) in [6.07, 6.45) is 2.57. The Bertz CT molecular complexity index is 480. The Morgan fingerprint density at radius 2 is 2.10 bits per heavy atom. The number of nitrogens with two attached hydrogens (primary N) is 1. The normalized spacial score (nSPS) is 20.0. The van der Waals surface area contributed by atoms with E-state index in [0.717, 1.165) is 24.7 Å². The molecule has 1 aromatic heterocycles. The van der Waals surface area contributed by atoms with Gasteiger partial charge in [0.2, 0.25) is 0 Å². The Kier molecular flexibility index (Phi) is 4.71. The zero-order chi connectivity index (χ0) is 15.6. The maximum atomic E-state index is 5.97. The zero-order valence-corrected chi connectivity index (χ0v) is 14.1. The van der Waals surface area contributed by atoms with Crippen LogP contribution in [0.15, 0.2) is 6.07 Å². The van der Waals surface area contributed by atoms with Gasteiger partial charge in [0.25, 0.3) is 0 Å². The summed E-state index contributed by atoms with van der Waals surface area (Å²) >= 11 is 0. The van der Waals surface area contributed by atoms with Crippen molar-refractivity contribution in [2.45, 2.75) is 52.0 Å². The van der Waals surface area contributed by atoms with Crippen LogP contribution in [0.5, 0.6) is 0 Å². The largest absolute Gasteiger partial charge is 0.384 e. The van der Waals surface area contributed by atoms with Crippen molar-refractivity contribution < 1.29 is 0 Å². The molecule has 0 amide bonds. The van der Waals surface area contributed by atoms with Crippen molar-refractivity contribution in [2.24, 2.45) is 0 Å². The summed E-state index contributed by atoms with van der Waals surface area (Å²) in [6, 6.07) is 2.50. The summed E-state index contributed by atoms with van der Waals surface area (Å²) in [6.45, 7) is 11.9. The van der Waals surface area contributed by atoms with Crippen molar-refractivity contribution in [3.05, 3.63) is 11.9 Å². The van der Waals surface area contributed by atoms with Gasteiger partial charge in [-0.05, 0) is 25.9 Å². The maximum Gasteiger partial charge on any atom is 0.138 e. The highest BCUT2D eigenvalue weighted by molar-refractivity contribution is 5.47. The lowest BCUT2D eigenvalue weighted by atomic mass is 9.96. The summed E-state index contributed by atoms with van der Waals surface area (Å²) in [7, 11) is 2.10. The molecule has 1 atom stereocenters. The van der Waals surface area contributed by atoms with E-state index in [1.807, 2.05) is 6.07 Å².